The molecule has 5 rings (SSSR count). The van der Waals surface area contributed by atoms with Crippen LogP contribution in [0.2, 0.25) is 0 Å². The highest BCUT2D eigenvalue weighted by molar-refractivity contribution is 6.11. The highest BCUT2D eigenvalue weighted by atomic mass is 16.3. The number of piperazine rings is 1. The van der Waals surface area contributed by atoms with E-state index < -0.39 is 0 Å². The van der Waals surface area contributed by atoms with Crippen LogP contribution in [0.4, 0.5) is 5.82 Å². The number of aromatic hydroxyl groups is 1. The van der Waals surface area contributed by atoms with Crippen LogP contribution in [0.3, 0.4) is 0 Å². The zero-order valence-corrected chi connectivity index (χ0v) is 21.5. The summed E-state index contributed by atoms with van der Waals surface area (Å²) in [6, 6.07) is 16.8. The number of hydrogen-bond donors (Lipinski definition) is 1. The SMILES string of the molecule is CCN(CC)C(=O)c1ccc(N2CCN(C(=O)c3ccc(-c4cncc(O)c4)c4ccccc34)CC2)nn1. The molecule has 4 aromatic rings. The second kappa shape index (κ2) is 10.8. The normalized spacial score (nSPS) is 13.5. The predicted octanol–water partition coefficient (Wildman–Crippen LogP) is 3.84. The number of carbonyl (C=O) groups is 2. The fraction of sp³-hybridized carbons (Fsp3) is 0.276. The number of nitrogens with zero attached hydrogens (tertiary/aromatic N) is 6. The van der Waals surface area contributed by atoms with E-state index in [4.69, 9.17) is 0 Å². The summed E-state index contributed by atoms with van der Waals surface area (Å²) in [6.45, 7) is 7.46. The van der Waals surface area contributed by atoms with E-state index in [1.54, 1.807) is 23.2 Å². The van der Waals surface area contributed by atoms with Crippen LogP contribution >= 0.6 is 0 Å². The summed E-state index contributed by atoms with van der Waals surface area (Å²) < 4.78 is 0. The maximum Gasteiger partial charge on any atom is 0.274 e. The Morgan fingerprint density at radius 3 is 2.29 bits per heavy atom. The summed E-state index contributed by atoms with van der Waals surface area (Å²) in [4.78, 5) is 35.8. The van der Waals surface area contributed by atoms with Crippen LogP contribution in [-0.2, 0) is 0 Å². The van der Waals surface area contributed by atoms with Gasteiger partial charge in [-0.05, 0) is 54.4 Å². The van der Waals surface area contributed by atoms with Crippen molar-refractivity contribution in [3.05, 3.63) is 78.2 Å². The number of pyridine rings is 1. The van der Waals surface area contributed by atoms with Crippen molar-refractivity contribution in [1.29, 1.82) is 0 Å². The quantitative estimate of drug-likeness (QED) is 0.420. The molecule has 9 nitrogen and oxygen atoms in total. The molecule has 0 spiro atoms. The van der Waals surface area contributed by atoms with Gasteiger partial charge in [0.25, 0.3) is 11.8 Å². The topological polar surface area (TPSA) is 103 Å². The number of amides is 2. The second-order valence-electron chi connectivity index (χ2n) is 9.17. The Morgan fingerprint density at radius 1 is 0.895 bits per heavy atom. The van der Waals surface area contributed by atoms with Gasteiger partial charge in [0.15, 0.2) is 11.5 Å². The lowest BCUT2D eigenvalue weighted by Gasteiger charge is -2.35. The first-order chi connectivity index (χ1) is 18.5. The number of benzene rings is 2. The van der Waals surface area contributed by atoms with Gasteiger partial charge in [-0.25, -0.2) is 0 Å². The Morgan fingerprint density at radius 2 is 1.63 bits per heavy atom. The summed E-state index contributed by atoms with van der Waals surface area (Å²) in [5, 5.41) is 20.1. The number of fused-ring (bicyclic) bond motifs is 1. The molecule has 0 bridgehead atoms. The van der Waals surface area contributed by atoms with Gasteiger partial charge >= 0.3 is 0 Å². The van der Waals surface area contributed by atoms with E-state index in [-0.39, 0.29) is 17.6 Å². The first-order valence-electron chi connectivity index (χ1n) is 12.8. The molecule has 1 aliphatic rings. The summed E-state index contributed by atoms with van der Waals surface area (Å²) in [5.41, 5.74) is 2.68. The lowest BCUT2D eigenvalue weighted by Crippen LogP contribution is -2.49. The van der Waals surface area contributed by atoms with Crippen LogP contribution in [-0.4, -0.2) is 81.2 Å². The highest BCUT2D eigenvalue weighted by Crippen LogP contribution is 2.32. The van der Waals surface area contributed by atoms with Crippen LogP contribution in [0.5, 0.6) is 5.75 Å². The van der Waals surface area contributed by atoms with Gasteiger partial charge in [0.05, 0.1) is 6.20 Å². The molecular formula is C29H30N6O3. The summed E-state index contributed by atoms with van der Waals surface area (Å²) >= 11 is 0. The van der Waals surface area contributed by atoms with Gasteiger partial charge < -0.3 is 19.8 Å². The minimum absolute atomic E-state index is 0.0207. The van der Waals surface area contributed by atoms with Crippen molar-refractivity contribution in [2.45, 2.75) is 13.8 Å². The number of hydrogen-bond acceptors (Lipinski definition) is 7. The maximum absolute atomic E-state index is 13.6. The summed E-state index contributed by atoms with van der Waals surface area (Å²) in [6.07, 6.45) is 3.10. The fourth-order valence-corrected chi connectivity index (χ4v) is 4.90. The van der Waals surface area contributed by atoms with E-state index in [1.165, 1.54) is 6.20 Å². The average Bonchev–Trinajstić information content (AvgIpc) is 2.97. The highest BCUT2D eigenvalue weighted by Gasteiger charge is 2.25. The third kappa shape index (κ3) is 4.87. The van der Waals surface area contributed by atoms with Crippen LogP contribution in [0.1, 0.15) is 34.7 Å². The Hall–Kier alpha value is -4.53. The Bertz CT molecular complexity index is 1460. The van der Waals surface area contributed by atoms with Crippen molar-refractivity contribution in [3.63, 3.8) is 0 Å². The van der Waals surface area contributed by atoms with Crippen molar-refractivity contribution >= 4 is 28.4 Å². The molecule has 1 aliphatic heterocycles. The average molecular weight is 511 g/mol. The smallest absolute Gasteiger partial charge is 0.274 e. The van der Waals surface area contributed by atoms with Gasteiger partial charge in [0.2, 0.25) is 0 Å². The molecule has 0 unspecified atom stereocenters. The molecule has 2 aromatic carbocycles. The third-order valence-electron chi connectivity index (χ3n) is 7.00. The van der Waals surface area contributed by atoms with Gasteiger partial charge in [0, 0.05) is 56.6 Å². The molecule has 0 atom stereocenters. The Labute approximate surface area is 221 Å². The first kappa shape index (κ1) is 25.1. The lowest BCUT2D eigenvalue weighted by molar-refractivity contribution is 0.0744. The summed E-state index contributed by atoms with van der Waals surface area (Å²) in [5.74, 6) is 0.651. The Kier molecular flexibility index (Phi) is 7.17. The van der Waals surface area contributed by atoms with Crippen molar-refractivity contribution in [2.24, 2.45) is 0 Å². The van der Waals surface area contributed by atoms with E-state index in [0.29, 0.717) is 56.3 Å². The van der Waals surface area contributed by atoms with E-state index in [2.05, 4.69) is 20.1 Å². The Balaban J connectivity index is 1.31. The first-order valence-corrected chi connectivity index (χ1v) is 12.8. The van der Waals surface area contributed by atoms with E-state index >= 15 is 0 Å². The van der Waals surface area contributed by atoms with Crippen molar-refractivity contribution in [1.82, 2.24) is 25.0 Å². The van der Waals surface area contributed by atoms with Crippen LogP contribution in [0.25, 0.3) is 21.9 Å². The molecule has 2 aromatic heterocycles. The minimum Gasteiger partial charge on any atom is -0.506 e. The molecule has 3 heterocycles. The minimum atomic E-state index is -0.122. The van der Waals surface area contributed by atoms with Crippen LogP contribution < -0.4 is 4.90 Å². The largest absolute Gasteiger partial charge is 0.506 e. The van der Waals surface area contributed by atoms with Gasteiger partial charge in [-0.2, -0.15) is 0 Å². The van der Waals surface area contributed by atoms with Crippen molar-refractivity contribution in [2.75, 3.05) is 44.2 Å². The van der Waals surface area contributed by atoms with E-state index in [9.17, 15) is 14.7 Å². The van der Waals surface area contributed by atoms with Crippen LogP contribution in [0, 0.1) is 0 Å². The molecule has 1 N–H and O–H groups in total. The van der Waals surface area contributed by atoms with Gasteiger partial charge in [-0.3, -0.25) is 14.6 Å². The standard InChI is InChI=1S/C29H30N6O3/c1-3-33(4-2)29(38)26-11-12-27(32-31-26)34-13-15-35(16-14-34)28(37)25-10-9-22(20-17-21(36)19-30-18-20)23-7-5-6-8-24(23)25/h5-12,17-19,36H,3-4,13-16H2,1-2H3. The maximum atomic E-state index is 13.6. The zero-order valence-electron chi connectivity index (χ0n) is 21.5. The lowest BCUT2D eigenvalue weighted by atomic mass is 9.95. The monoisotopic (exact) mass is 510 g/mol. The second-order valence-corrected chi connectivity index (χ2v) is 9.17. The van der Waals surface area contributed by atoms with Gasteiger partial charge in [-0.1, -0.05) is 30.3 Å². The number of carbonyl (C=O) groups excluding carboxylic acids is 2. The molecule has 0 aliphatic carbocycles. The van der Waals surface area contributed by atoms with Gasteiger partial charge in [0.1, 0.15) is 5.75 Å². The van der Waals surface area contributed by atoms with Crippen molar-refractivity contribution < 1.29 is 14.7 Å². The predicted molar refractivity (Wildman–Crippen MR) is 146 cm³/mol. The zero-order chi connectivity index (χ0) is 26.6. The van der Waals surface area contributed by atoms with Gasteiger partial charge in [-0.15, -0.1) is 10.2 Å². The molecule has 1 saturated heterocycles. The molecule has 38 heavy (non-hydrogen) atoms. The number of rotatable bonds is 6. The molecule has 2 amide bonds. The fourth-order valence-electron chi connectivity index (χ4n) is 4.90. The number of aromatic nitrogens is 3. The molecule has 0 radical (unpaired) electrons. The van der Waals surface area contributed by atoms with Crippen LogP contribution in [0.15, 0.2) is 67.0 Å². The van der Waals surface area contributed by atoms with E-state index in [0.717, 1.165) is 21.9 Å². The molecule has 1 fully saturated rings. The summed E-state index contributed by atoms with van der Waals surface area (Å²) in [7, 11) is 0. The molecule has 194 valence electrons. The molecular weight excluding hydrogens is 480 g/mol. The molecule has 0 saturated carbocycles. The van der Waals surface area contributed by atoms with Crippen molar-refractivity contribution in [3.8, 4) is 16.9 Å². The number of anilines is 1. The van der Waals surface area contributed by atoms with E-state index in [1.807, 2.05) is 61.2 Å². The molecule has 9 heteroatoms. The third-order valence-corrected chi connectivity index (χ3v) is 7.00.